The van der Waals surface area contributed by atoms with E-state index in [9.17, 15) is 5.11 Å². The number of nitrogens with zero attached hydrogens (tertiary/aromatic N) is 1. The Bertz CT molecular complexity index is 112. The molecular weight excluding hydrogens is 137 g/mol. The van der Waals surface area contributed by atoms with E-state index in [0.717, 1.165) is 19.4 Å². The van der Waals surface area contributed by atoms with Crippen molar-refractivity contribution in [3.63, 3.8) is 0 Å². The molecule has 0 aromatic rings. The standard InChI is InChI=1S/C7H12NO.Na/c9-7-5-8-3-1-6(7)2-4-8;/h6-7H,1-5H2;/q-1;+1. The van der Waals surface area contributed by atoms with Crippen molar-refractivity contribution in [2.75, 3.05) is 19.6 Å². The third kappa shape index (κ3) is 1.56. The van der Waals surface area contributed by atoms with Gasteiger partial charge in [0.05, 0.1) is 0 Å². The molecule has 3 rings (SSSR count). The zero-order chi connectivity index (χ0) is 6.27. The number of piperidine rings is 3. The Morgan fingerprint density at radius 2 is 1.80 bits per heavy atom. The van der Waals surface area contributed by atoms with Crippen LogP contribution in [-0.2, 0) is 0 Å². The minimum Gasteiger partial charge on any atom is -0.851 e. The second-order valence-electron chi connectivity index (χ2n) is 3.18. The fourth-order valence-electron chi connectivity index (χ4n) is 1.91. The molecule has 3 aliphatic heterocycles. The number of hydrogen-bond acceptors (Lipinski definition) is 2. The summed E-state index contributed by atoms with van der Waals surface area (Å²) in [6.07, 6.45) is 2.06. The minimum atomic E-state index is -0.257. The van der Waals surface area contributed by atoms with E-state index in [1.807, 2.05) is 0 Å². The third-order valence-corrected chi connectivity index (χ3v) is 2.60. The first-order chi connectivity index (χ1) is 4.36. The first-order valence-corrected chi connectivity index (χ1v) is 3.74. The van der Waals surface area contributed by atoms with Gasteiger partial charge in [-0.2, -0.15) is 0 Å². The fourth-order valence-corrected chi connectivity index (χ4v) is 1.91. The van der Waals surface area contributed by atoms with Crippen molar-refractivity contribution in [3.05, 3.63) is 0 Å². The average molecular weight is 149 g/mol. The molecular formula is C7H12NNaO. The summed E-state index contributed by atoms with van der Waals surface area (Å²) in [5.41, 5.74) is 0. The molecule has 0 radical (unpaired) electrons. The molecule has 0 aromatic carbocycles. The van der Waals surface area contributed by atoms with Crippen LogP contribution in [0.25, 0.3) is 0 Å². The average Bonchev–Trinajstić information content (AvgIpc) is 1.90. The smallest absolute Gasteiger partial charge is 0.851 e. The summed E-state index contributed by atoms with van der Waals surface area (Å²) in [5.74, 6) is 0.523. The molecule has 3 heterocycles. The summed E-state index contributed by atoms with van der Waals surface area (Å²) >= 11 is 0. The molecule has 2 nitrogen and oxygen atoms in total. The molecule has 3 heteroatoms. The molecule has 0 aromatic heterocycles. The number of hydrogen-bond donors (Lipinski definition) is 0. The van der Waals surface area contributed by atoms with Gasteiger partial charge in [-0.05, 0) is 32.5 Å². The predicted octanol–water partition coefficient (Wildman–Crippen LogP) is -3.56. The first kappa shape index (κ1) is 9.01. The molecule has 0 amide bonds. The Balaban J connectivity index is 0.000000500. The molecule has 3 aliphatic rings. The molecule has 0 saturated carbocycles. The SMILES string of the molecule is [Na+].[O-]C1CN2CCC1CC2. The fraction of sp³-hybridized carbons (Fsp3) is 1.00. The minimum absolute atomic E-state index is 0. The summed E-state index contributed by atoms with van der Waals surface area (Å²) in [5, 5.41) is 11.1. The van der Waals surface area contributed by atoms with E-state index >= 15 is 0 Å². The Morgan fingerprint density at radius 3 is 2.00 bits per heavy atom. The van der Waals surface area contributed by atoms with Crippen molar-refractivity contribution in [3.8, 4) is 0 Å². The summed E-state index contributed by atoms with van der Waals surface area (Å²) < 4.78 is 0. The van der Waals surface area contributed by atoms with Crippen LogP contribution in [0.3, 0.4) is 0 Å². The van der Waals surface area contributed by atoms with Gasteiger partial charge in [-0.25, -0.2) is 0 Å². The maximum Gasteiger partial charge on any atom is 1.00 e. The van der Waals surface area contributed by atoms with Crippen LogP contribution in [0.1, 0.15) is 12.8 Å². The van der Waals surface area contributed by atoms with Gasteiger partial charge in [0, 0.05) is 0 Å². The summed E-state index contributed by atoms with van der Waals surface area (Å²) in [4.78, 5) is 2.29. The van der Waals surface area contributed by atoms with Gasteiger partial charge in [0.15, 0.2) is 0 Å². The Labute approximate surface area is 83.9 Å². The summed E-state index contributed by atoms with van der Waals surface area (Å²) in [6, 6.07) is 0. The van der Waals surface area contributed by atoms with Gasteiger partial charge in [-0.1, -0.05) is 5.92 Å². The quantitative estimate of drug-likeness (QED) is 0.333. The molecule has 0 N–H and O–H groups in total. The Kier molecular flexibility index (Phi) is 3.20. The molecule has 10 heavy (non-hydrogen) atoms. The van der Waals surface area contributed by atoms with E-state index in [0.29, 0.717) is 5.92 Å². The van der Waals surface area contributed by atoms with Gasteiger partial charge in [0.2, 0.25) is 0 Å². The molecule has 1 atom stereocenters. The monoisotopic (exact) mass is 149 g/mol. The second-order valence-corrected chi connectivity index (χ2v) is 3.18. The maximum atomic E-state index is 11.1. The second kappa shape index (κ2) is 3.55. The topological polar surface area (TPSA) is 26.3 Å². The van der Waals surface area contributed by atoms with Crippen LogP contribution >= 0.6 is 0 Å². The van der Waals surface area contributed by atoms with Crippen LogP contribution < -0.4 is 34.7 Å². The van der Waals surface area contributed by atoms with Gasteiger partial charge in [0.1, 0.15) is 0 Å². The molecule has 52 valence electrons. The molecule has 3 fully saturated rings. The molecule has 0 spiro atoms. The van der Waals surface area contributed by atoms with Gasteiger partial charge in [-0.3, -0.25) is 0 Å². The Morgan fingerprint density at radius 1 is 1.20 bits per heavy atom. The van der Waals surface area contributed by atoms with E-state index in [1.165, 1.54) is 13.1 Å². The first-order valence-electron chi connectivity index (χ1n) is 3.74. The van der Waals surface area contributed by atoms with Gasteiger partial charge in [-0.15, -0.1) is 6.10 Å². The van der Waals surface area contributed by atoms with Gasteiger partial charge < -0.3 is 10.0 Å². The van der Waals surface area contributed by atoms with Crippen LogP contribution in [0.5, 0.6) is 0 Å². The van der Waals surface area contributed by atoms with Crippen molar-refractivity contribution in [2.24, 2.45) is 5.92 Å². The summed E-state index contributed by atoms with van der Waals surface area (Å²) in [7, 11) is 0. The zero-order valence-electron chi connectivity index (χ0n) is 6.55. The van der Waals surface area contributed by atoms with E-state index in [-0.39, 0.29) is 35.7 Å². The van der Waals surface area contributed by atoms with Crippen LogP contribution in [0.15, 0.2) is 0 Å². The van der Waals surface area contributed by atoms with Crippen molar-refractivity contribution in [1.29, 1.82) is 0 Å². The van der Waals surface area contributed by atoms with Crippen molar-refractivity contribution < 1.29 is 34.7 Å². The van der Waals surface area contributed by atoms with Crippen LogP contribution in [0, 0.1) is 5.92 Å². The van der Waals surface area contributed by atoms with Crippen molar-refractivity contribution in [1.82, 2.24) is 4.90 Å². The third-order valence-electron chi connectivity index (χ3n) is 2.60. The molecule has 2 bridgehead atoms. The van der Waals surface area contributed by atoms with Crippen molar-refractivity contribution >= 4 is 0 Å². The normalized spacial score (nSPS) is 44.7. The van der Waals surface area contributed by atoms with E-state index in [1.54, 1.807) is 0 Å². The van der Waals surface area contributed by atoms with E-state index in [4.69, 9.17) is 0 Å². The number of rotatable bonds is 0. The Hall–Kier alpha value is 0.920. The molecule has 3 saturated heterocycles. The predicted molar refractivity (Wildman–Crippen MR) is 33.0 cm³/mol. The van der Waals surface area contributed by atoms with Crippen LogP contribution in [0.4, 0.5) is 0 Å². The van der Waals surface area contributed by atoms with Crippen LogP contribution in [0.2, 0.25) is 0 Å². The van der Waals surface area contributed by atoms with Crippen molar-refractivity contribution in [2.45, 2.75) is 18.9 Å². The van der Waals surface area contributed by atoms with E-state index in [2.05, 4.69) is 4.90 Å². The largest absolute Gasteiger partial charge is 1.00 e. The van der Waals surface area contributed by atoms with E-state index < -0.39 is 0 Å². The molecule has 1 unspecified atom stereocenters. The molecule has 0 aliphatic carbocycles. The number of fused-ring (bicyclic) bond motifs is 3. The van der Waals surface area contributed by atoms with Crippen LogP contribution in [-0.4, -0.2) is 30.6 Å². The van der Waals surface area contributed by atoms with Gasteiger partial charge >= 0.3 is 29.6 Å². The van der Waals surface area contributed by atoms with Gasteiger partial charge in [0.25, 0.3) is 0 Å². The maximum absolute atomic E-state index is 11.1. The zero-order valence-corrected chi connectivity index (χ0v) is 8.55. The summed E-state index contributed by atoms with van der Waals surface area (Å²) in [6.45, 7) is 3.19.